The number of aromatic nitrogens is 1. The van der Waals surface area contributed by atoms with Gasteiger partial charge in [0.1, 0.15) is 12.6 Å². The minimum atomic E-state index is -4.05. The van der Waals surface area contributed by atoms with Crippen LogP contribution in [0.25, 0.3) is 0 Å². The third-order valence-electron chi connectivity index (χ3n) is 10.2. The molecule has 2 heterocycles. The lowest BCUT2D eigenvalue weighted by Gasteiger charge is -2.35. The van der Waals surface area contributed by atoms with Crippen molar-refractivity contribution in [3.05, 3.63) is 101 Å². The predicted molar refractivity (Wildman–Crippen MR) is 195 cm³/mol. The van der Waals surface area contributed by atoms with E-state index in [1.807, 2.05) is 56.3 Å². The number of pyridine rings is 1. The van der Waals surface area contributed by atoms with E-state index in [-0.39, 0.29) is 54.7 Å². The van der Waals surface area contributed by atoms with Crippen molar-refractivity contribution in [3.63, 3.8) is 0 Å². The standard InChI is InChI=1S/C38H50N6O6S/c1-3-28(2)36(44-21-20-42(38(44)47)25-32-14-9-19-39-23-32)37(46)41-34(22-29-10-5-4-6-11-29)35(45)27-43(26-31-12-7-8-13-31)51(49,50)33-17-15-30(16-18-33)24-40-48/h4-6,9-11,14-19,23,28,31,34-36,45H,3,7-8,12-13,20-22,24-27H2,1-2H3,(H,41,46)/t28-,34-,35+,36-/m0/s1. The van der Waals surface area contributed by atoms with E-state index in [9.17, 15) is 28.0 Å². The van der Waals surface area contributed by atoms with Crippen molar-refractivity contribution in [2.45, 2.75) is 88.5 Å². The van der Waals surface area contributed by atoms with Crippen molar-refractivity contribution in [3.8, 4) is 0 Å². The summed E-state index contributed by atoms with van der Waals surface area (Å²) in [5, 5.41) is 17.9. The maximum atomic E-state index is 14.3. The largest absolute Gasteiger partial charge is 0.390 e. The van der Waals surface area contributed by atoms with Gasteiger partial charge in [0.2, 0.25) is 15.9 Å². The highest BCUT2D eigenvalue weighted by molar-refractivity contribution is 7.89. The number of urea groups is 1. The number of nitrogens with one attached hydrogen (secondary N) is 1. The Balaban J connectivity index is 1.39. The van der Waals surface area contributed by atoms with Gasteiger partial charge in [0.05, 0.1) is 17.0 Å². The fourth-order valence-electron chi connectivity index (χ4n) is 7.15. The van der Waals surface area contributed by atoms with Gasteiger partial charge in [0, 0.05) is 45.1 Å². The summed E-state index contributed by atoms with van der Waals surface area (Å²) < 4.78 is 29.6. The highest BCUT2D eigenvalue weighted by Gasteiger charge is 2.41. The van der Waals surface area contributed by atoms with Crippen molar-refractivity contribution >= 4 is 22.0 Å². The lowest BCUT2D eigenvalue weighted by Crippen LogP contribution is -2.57. The smallest absolute Gasteiger partial charge is 0.321 e. The molecule has 274 valence electrons. The molecule has 1 aromatic heterocycles. The molecule has 0 spiro atoms. The van der Waals surface area contributed by atoms with Gasteiger partial charge in [-0.1, -0.05) is 86.8 Å². The van der Waals surface area contributed by atoms with Crippen LogP contribution in [-0.2, 0) is 34.3 Å². The molecule has 5 rings (SSSR count). The number of hydrogen-bond donors (Lipinski definition) is 2. The van der Waals surface area contributed by atoms with E-state index in [4.69, 9.17) is 0 Å². The normalized spacial score (nSPS) is 17.8. The molecule has 0 bridgehead atoms. The molecule has 2 N–H and O–H groups in total. The van der Waals surface area contributed by atoms with E-state index < -0.39 is 28.2 Å². The molecule has 2 fully saturated rings. The topological polar surface area (TPSA) is 153 Å². The van der Waals surface area contributed by atoms with E-state index in [0.29, 0.717) is 31.6 Å². The average Bonchev–Trinajstić information content (AvgIpc) is 3.78. The lowest BCUT2D eigenvalue weighted by molar-refractivity contribution is -0.128. The van der Waals surface area contributed by atoms with Gasteiger partial charge >= 0.3 is 6.03 Å². The molecule has 1 aliphatic heterocycles. The lowest BCUT2D eigenvalue weighted by atomic mass is 9.95. The van der Waals surface area contributed by atoms with Crippen molar-refractivity contribution in [1.29, 1.82) is 0 Å². The molecule has 51 heavy (non-hydrogen) atoms. The Kier molecular flexibility index (Phi) is 13.3. The van der Waals surface area contributed by atoms with Gasteiger partial charge in [-0.2, -0.15) is 9.21 Å². The fourth-order valence-corrected chi connectivity index (χ4v) is 8.68. The minimum Gasteiger partial charge on any atom is -0.390 e. The molecule has 0 unspecified atom stereocenters. The van der Waals surface area contributed by atoms with E-state index in [0.717, 1.165) is 36.8 Å². The first-order valence-electron chi connectivity index (χ1n) is 18.0. The number of nitroso groups, excluding NO2 is 1. The van der Waals surface area contributed by atoms with Crippen LogP contribution in [0.1, 0.15) is 62.6 Å². The van der Waals surface area contributed by atoms with Gasteiger partial charge in [-0.15, -0.1) is 0 Å². The van der Waals surface area contributed by atoms with Crippen LogP contribution in [0, 0.1) is 16.7 Å². The molecule has 1 aliphatic carbocycles. The predicted octanol–water partition coefficient (Wildman–Crippen LogP) is 4.97. The number of carbonyl (C=O) groups excluding carboxylic acids is 2. The van der Waals surface area contributed by atoms with Crippen LogP contribution in [0.2, 0.25) is 0 Å². The van der Waals surface area contributed by atoms with Crippen LogP contribution in [0.3, 0.4) is 0 Å². The number of hydrogen-bond acceptors (Lipinski definition) is 8. The molecular weight excluding hydrogens is 669 g/mol. The van der Waals surface area contributed by atoms with E-state index in [2.05, 4.69) is 15.5 Å². The van der Waals surface area contributed by atoms with Crippen molar-refractivity contribution in [1.82, 2.24) is 24.4 Å². The number of rotatable bonds is 18. The van der Waals surface area contributed by atoms with Gasteiger partial charge in [0.25, 0.3) is 0 Å². The first kappa shape index (κ1) is 38.0. The number of nitrogens with zero attached hydrogens (tertiary/aromatic N) is 5. The summed E-state index contributed by atoms with van der Waals surface area (Å²) >= 11 is 0. The molecule has 1 saturated heterocycles. The summed E-state index contributed by atoms with van der Waals surface area (Å²) in [6.07, 6.45) is 6.88. The molecule has 2 aromatic carbocycles. The van der Waals surface area contributed by atoms with E-state index in [1.165, 1.54) is 16.4 Å². The van der Waals surface area contributed by atoms with Crippen LogP contribution in [0.15, 0.2) is 89.2 Å². The molecule has 0 radical (unpaired) electrons. The first-order valence-corrected chi connectivity index (χ1v) is 19.4. The third-order valence-corrected chi connectivity index (χ3v) is 12.1. The molecule has 13 heteroatoms. The monoisotopic (exact) mass is 718 g/mol. The zero-order valence-electron chi connectivity index (χ0n) is 29.5. The molecule has 12 nitrogen and oxygen atoms in total. The zero-order chi connectivity index (χ0) is 36.4. The number of sulfonamides is 1. The molecule has 3 aromatic rings. The Morgan fingerprint density at radius 2 is 1.73 bits per heavy atom. The van der Waals surface area contributed by atoms with Crippen LogP contribution in [0.5, 0.6) is 0 Å². The van der Waals surface area contributed by atoms with Crippen molar-refractivity contribution in [2.24, 2.45) is 17.0 Å². The summed E-state index contributed by atoms with van der Waals surface area (Å²) in [5.41, 5.74) is 2.37. The summed E-state index contributed by atoms with van der Waals surface area (Å²) in [6, 6.07) is 17.4. The molecule has 3 amide bonds. The second kappa shape index (κ2) is 17.8. The second-order valence-corrected chi connectivity index (χ2v) is 15.8. The van der Waals surface area contributed by atoms with Gasteiger partial charge in [0.15, 0.2) is 0 Å². The fraction of sp³-hybridized carbons (Fsp3) is 0.500. The maximum Gasteiger partial charge on any atom is 0.321 e. The minimum absolute atomic E-state index is 0.0606. The number of aliphatic hydroxyl groups excluding tert-OH is 1. The van der Waals surface area contributed by atoms with Gasteiger partial charge < -0.3 is 20.2 Å². The highest BCUT2D eigenvalue weighted by Crippen LogP contribution is 2.29. The summed E-state index contributed by atoms with van der Waals surface area (Å²) in [4.78, 5) is 46.3. The van der Waals surface area contributed by atoms with Gasteiger partial charge in [-0.25, -0.2) is 13.2 Å². The molecular formula is C38H50N6O6S. The Bertz CT molecular complexity index is 1690. The number of amides is 3. The molecule has 1 saturated carbocycles. The Morgan fingerprint density at radius 3 is 2.37 bits per heavy atom. The number of carbonyl (C=O) groups is 2. The van der Waals surface area contributed by atoms with Crippen LogP contribution in [0.4, 0.5) is 4.79 Å². The molecule has 4 atom stereocenters. The quantitative estimate of drug-likeness (QED) is 0.176. The average molecular weight is 719 g/mol. The Hall–Kier alpha value is -4.20. The SMILES string of the molecule is CC[C@H](C)[C@@H](C(=O)N[C@@H](Cc1ccccc1)[C@H](O)CN(CC1CCCC1)S(=O)(=O)c1ccc(CN=O)cc1)N1CCN(Cc2cccnc2)C1=O. The summed E-state index contributed by atoms with van der Waals surface area (Å²) in [6.45, 7) is 5.09. The zero-order valence-corrected chi connectivity index (χ0v) is 30.3. The number of benzene rings is 2. The van der Waals surface area contributed by atoms with Gasteiger partial charge in [-0.3, -0.25) is 9.78 Å². The van der Waals surface area contributed by atoms with E-state index in [1.54, 1.807) is 34.3 Å². The van der Waals surface area contributed by atoms with Gasteiger partial charge in [-0.05, 0) is 66.0 Å². The van der Waals surface area contributed by atoms with Crippen molar-refractivity contribution < 1.29 is 23.1 Å². The number of aliphatic hydroxyl groups is 1. The second-order valence-electron chi connectivity index (χ2n) is 13.9. The van der Waals surface area contributed by atoms with Crippen LogP contribution in [-0.4, -0.2) is 88.9 Å². The van der Waals surface area contributed by atoms with E-state index >= 15 is 0 Å². The van der Waals surface area contributed by atoms with Crippen LogP contribution < -0.4 is 5.32 Å². The third kappa shape index (κ3) is 9.78. The molecule has 2 aliphatic rings. The summed E-state index contributed by atoms with van der Waals surface area (Å²) in [7, 11) is -4.05. The first-order chi connectivity index (χ1) is 24.6. The highest BCUT2D eigenvalue weighted by atomic mass is 32.2. The van der Waals surface area contributed by atoms with Crippen molar-refractivity contribution in [2.75, 3.05) is 26.2 Å². The Labute approximate surface area is 301 Å². The maximum absolute atomic E-state index is 14.3. The van der Waals surface area contributed by atoms with Crippen LogP contribution >= 0.6 is 0 Å². The summed E-state index contributed by atoms with van der Waals surface area (Å²) in [5.74, 6) is -0.415. The Morgan fingerprint density at radius 1 is 1.02 bits per heavy atom.